The van der Waals surface area contributed by atoms with Gasteiger partial charge in [-0.15, -0.1) is 0 Å². The first-order valence-corrected chi connectivity index (χ1v) is 6.83. The molecule has 0 radical (unpaired) electrons. The fourth-order valence-corrected chi connectivity index (χ4v) is 1.72. The van der Waals surface area contributed by atoms with Crippen molar-refractivity contribution in [2.75, 3.05) is 19.7 Å². The number of hydrogen-bond acceptors (Lipinski definition) is 3. The highest BCUT2D eigenvalue weighted by Gasteiger charge is 1.99. The second-order valence-corrected chi connectivity index (χ2v) is 4.34. The van der Waals surface area contributed by atoms with Gasteiger partial charge in [0, 0.05) is 6.61 Å². The van der Waals surface area contributed by atoms with E-state index < -0.39 is 0 Å². The third-order valence-corrected chi connectivity index (χ3v) is 2.72. The van der Waals surface area contributed by atoms with Crippen LogP contribution in [0.4, 0.5) is 0 Å². The van der Waals surface area contributed by atoms with Crippen LogP contribution in [0.25, 0.3) is 0 Å². The lowest BCUT2D eigenvalue weighted by atomic mass is 10.1. The Kier molecular flexibility index (Phi) is 8.11. The van der Waals surface area contributed by atoms with Crippen LogP contribution in [0.5, 0.6) is 5.75 Å². The zero-order valence-corrected chi connectivity index (χ0v) is 11.8. The molecule has 0 bridgehead atoms. The van der Waals surface area contributed by atoms with Gasteiger partial charge in [0.1, 0.15) is 11.5 Å². The number of allylic oxidation sites excluding steroid dienone is 3. The minimum absolute atomic E-state index is 0.232. The van der Waals surface area contributed by atoms with Crippen LogP contribution >= 0.6 is 0 Å². The summed E-state index contributed by atoms with van der Waals surface area (Å²) in [5, 5.41) is 12.0. The summed E-state index contributed by atoms with van der Waals surface area (Å²) in [7, 11) is 0. The summed E-state index contributed by atoms with van der Waals surface area (Å²) >= 11 is 0. The van der Waals surface area contributed by atoms with Crippen LogP contribution in [-0.4, -0.2) is 24.8 Å². The van der Waals surface area contributed by atoms with Crippen molar-refractivity contribution in [3.05, 3.63) is 67.0 Å². The molecule has 0 unspecified atom stereocenters. The van der Waals surface area contributed by atoms with Gasteiger partial charge < -0.3 is 15.2 Å². The molecule has 0 spiro atoms. The molecular weight excluding hydrogens is 250 g/mol. The Labute approximate surface area is 121 Å². The minimum atomic E-state index is 0.232. The van der Waals surface area contributed by atoms with E-state index in [0.29, 0.717) is 5.76 Å². The number of benzene rings is 1. The van der Waals surface area contributed by atoms with Crippen LogP contribution in [-0.2, 0) is 6.42 Å². The number of ether oxygens (including phenoxy) is 1. The molecule has 3 nitrogen and oxygen atoms in total. The fraction of sp³-hybridized carbons (Fsp3) is 0.294. The Morgan fingerprint density at radius 2 is 2.15 bits per heavy atom. The molecule has 0 fully saturated rings. The maximum Gasteiger partial charge on any atom is 0.127 e. The predicted octanol–water partition coefficient (Wildman–Crippen LogP) is 2.84. The maximum atomic E-state index is 8.69. The highest BCUT2D eigenvalue weighted by molar-refractivity contribution is 5.32. The number of nitrogens with one attached hydrogen (secondary N) is 1. The molecule has 1 aromatic rings. The summed E-state index contributed by atoms with van der Waals surface area (Å²) in [6.45, 7) is 9.31. The highest BCUT2D eigenvalue weighted by Crippen LogP contribution is 2.17. The van der Waals surface area contributed by atoms with Gasteiger partial charge >= 0.3 is 0 Å². The van der Waals surface area contributed by atoms with Crippen molar-refractivity contribution in [2.45, 2.75) is 12.8 Å². The molecule has 2 N–H and O–H groups in total. The topological polar surface area (TPSA) is 41.5 Å². The molecular formula is C17H23NO2. The molecule has 0 saturated carbocycles. The van der Waals surface area contributed by atoms with Gasteiger partial charge in [-0.2, -0.15) is 0 Å². The molecule has 1 aromatic carbocycles. The maximum absolute atomic E-state index is 8.69. The molecule has 0 aliphatic rings. The number of aliphatic hydroxyl groups excluding tert-OH is 1. The monoisotopic (exact) mass is 273 g/mol. The van der Waals surface area contributed by atoms with Crippen molar-refractivity contribution in [1.29, 1.82) is 0 Å². The van der Waals surface area contributed by atoms with E-state index in [-0.39, 0.29) is 6.61 Å². The number of hydrogen-bond donors (Lipinski definition) is 2. The molecule has 1 rings (SSSR count). The van der Waals surface area contributed by atoms with Crippen molar-refractivity contribution in [1.82, 2.24) is 5.32 Å². The lowest BCUT2D eigenvalue weighted by molar-refractivity contribution is 0.286. The number of aliphatic hydroxyl groups is 1. The number of rotatable bonds is 10. The quantitative estimate of drug-likeness (QED) is 0.391. The lowest BCUT2D eigenvalue weighted by Crippen LogP contribution is -2.19. The molecule has 3 heteroatoms. The van der Waals surface area contributed by atoms with Gasteiger partial charge in [-0.05, 0) is 55.8 Å². The summed E-state index contributed by atoms with van der Waals surface area (Å²) < 4.78 is 5.71. The van der Waals surface area contributed by atoms with E-state index in [1.54, 1.807) is 18.2 Å². The van der Waals surface area contributed by atoms with Crippen LogP contribution < -0.4 is 10.1 Å². The third kappa shape index (κ3) is 6.36. The van der Waals surface area contributed by atoms with Crippen molar-refractivity contribution in [2.24, 2.45) is 0 Å². The van der Waals surface area contributed by atoms with Gasteiger partial charge in [-0.3, -0.25) is 0 Å². The zero-order chi connectivity index (χ0) is 14.6. The molecule has 0 aliphatic heterocycles. The second kappa shape index (κ2) is 10.0. The Morgan fingerprint density at radius 3 is 2.85 bits per heavy atom. The van der Waals surface area contributed by atoms with Crippen LogP contribution in [0.15, 0.2) is 61.4 Å². The third-order valence-electron chi connectivity index (χ3n) is 2.72. The average molecular weight is 273 g/mol. The van der Waals surface area contributed by atoms with E-state index in [0.717, 1.165) is 31.7 Å². The van der Waals surface area contributed by atoms with Crippen molar-refractivity contribution in [3.8, 4) is 5.75 Å². The summed E-state index contributed by atoms with van der Waals surface area (Å²) in [5.41, 5.74) is 1.21. The average Bonchev–Trinajstić information content (AvgIpc) is 2.47. The van der Waals surface area contributed by atoms with Crippen molar-refractivity contribution in [3.63, 3.8) is 0 Å². The summed E-state index contributed by atoms with van der Waals surface area (Å²) in [4.78, 5) is 0. The summed E-state index contributed by atoms with van der Waals surface area (Å²) in [5.74, 6) is 1.48. The Hall–Kier alpha value is -1.84. The lowest BCUT2D eigenvalue weighted by Gasteiger charge is -2.08. The first kappa shape index (κ1) is 16.2. The molecule has 0 aliphatic carbocycles. The first-order valence-electron chi connectivity index (χ1n) is 6.83. The van der Waals surface area contributed by atoms with Gasteiger partial charge in [0.25, 0.3) is 0 Å². The van der Waals surface area contributed by atoms with E-state index in [1.807, 2.05) is 18.2 Å². The highest BCUT2D eigenvalue weighted by atomic mass is 16.5. The van der Waals surface area contributed by atoms with Crippen LogP contribution in [0.3, 0.4) is 0 Å². The minimum Gasteiger partial charge on any atom is -0.457 e. The summed E-state index contributed by atoms with van der Waals surface area (Å²) in [6.07, 6.45) is 6.82. The van der Waals surface area contributed by atoms with E-state index in [1.165, 1.54) is 5.56 Å². The van der Waals surface area contributed by atoms with E-state index >= 15 is 0 Å². The van der Waals surface area contributed by atoms with E-state index in [9.17, 15) is 0 Å². The Balaban J connectivity index is 2.50. The van der Waals surface area contributed by atoms with Gasteiger partial charge in [0.15, 0.2) is 0 Å². The molecule has 108 valence electrons. The van der Waals surface area contributed by atoms with E-state index in [4.69, 9.17) is 9.84 Å². The smallest absolute Gasteiger partial charge is 0.127 e. The van der Waals surface area contributed by atoms with Gasteiger partial charge in [0.2, 0.25) is 0 Å². The molecule has 0 aromatic heterocycles. The van der Waals surface area contributed by atoms with Gasteiger partial charge in [0.05, 0.1) is 0 Å². The zero-order valence-electron chi connectivity index (χ0n) is 11.8. The normalized spacial score (nSPS) is 11.2. The fourth-order valence-electron chi connectivity index (χ4n) is 1.72. The SMILES string of the molecule is C=C/C=C(\C=C)Oc1cccc(CCNCCCO)c1. The molecule has 20 heavy (non-hydrogen) atoms. The Bertz CT molecular complexity index is 452. The largest absolute Gasteiger partial charge is 0.457 e. The van der Waals surface area contributed by atoms with Gasteiger partial charge in [-0.25, -0.2) is 0 Å². The van der Waals surface area contributed by atoms with E-state index in [2.05, 4.69) is 24.5 Å². The Morgan fingerprint density at radius 1 is 1.30 bits per heavy atom. The molecule has 0 saturated heterocycles. The predicted molar refractivity (Wildman–Crippen MR) is 83.8 cm³/mol. The second-order valence-electron chi connectivity index (χ2n) is 4.34. The van der Waals surface area contributed by atoms with Crippen molar-refractivity contribution < 1.29 is 9.84 Å². The first-order chi connectivity index (χ1) is 9.80. The van der Waals surface area contributed by atoms with Crippen LogP contribution in [0.2, 0.25) is 0 Å². The summed E-state index contributed by atoms with van der Waals surface area (Å²) in [6, 6.07) is 8.00. The van der Waals surface area contributed by atoms with Crippen LogP contribution in [0.1, 0.15) is 12.0 Å². The van der Waals surface area contributed by atoms with Gasteiger partial charge in [-0.1, -0.05) is 31.4 Å². The standard InChI is InChI=1S/C17H23NO2/c1-3-7-16(4-2)20-17-9-5-8-15(14-17)10-12-18-11-6-13-19/h3-5,7-9,14,18-19H,1-2,6,10-13H2/b16-7+. The molecule has 0 atom stereocenters. The van der Waals surface area contributed by atoms with Crippen LogP contribution in [0, 0.1) is 0 Å². The van der Waals surface area contributed by atoms with Crippen molar-refractivity contribution >= 4 is 0 Å². The molecule has 0 heterocycles. The molecule has 0 amide bonds.